The maximum absolute atomic E-state index is 12.2. The Balaban J connectivity index is 2.54. The van der Waals surface area contributed by atoms with Crippen LogP contribution in [-0.4, -0.2) is 30.6 Å². The van der Waals surface area contributed by atoms with Crippen LogP contribution in [0.25, 0.3) is 0 Å². The zero-order valence-corrected chi connectivity index (χ0v) is 13.4. The maximum atomic E-state index is 12.2. The first kappa shape index (κ1) is 16.3. The molecular weight excluding hydrogens is 286 g/mol. The Hall–Kier alpha value is -2.11. The van der Waals surface area contributed by atoms with Crippen LogP contribution in [0.2, 0.25) is 0 Å². The first-order valence-electron chi connectivity index (χ1n) is 7.40. The summed E-state index contributed by atoms with van der Waals surface area (Å²) in [7, 11) is 1.48. The van der Waals surface area contributed by atoms with E-state index < -0.39 is 11.4 Å². The summed E-state index contributed by atoms with van der Waals surface area (Å²) < 4.78 is 15.6. The molecule has 1 atom stereocenters. The molecule has 6 nitrogen and oxygen atoms in total. The fourth-order valence-electron chi connectivity index (χ4n) is 2.46. The van der Waals surface area contributed by atoms with Crippen molar-refractivity contribution >= 4 is 11.9 Å². The fraction of sp³-hybridized carbons (Fsp3) is 0.562. The second kappa shape index (κ2) is 6.34. The van der Waals surface area contributed by atoms with Crippen LogP contribution in [0.3, 0.4) is 0 Å². The molecule has 0 fully saturated rings. The highest BCUT2D eigenvalue weighted by Gasteiger charge is 2.42. The van der Waals surface area contributed by atoms with Crippen molar-refractivity contribution in [3.63, 3.8) is 0 Å². The highest BCUT2D eigenvalue weighted by atomic mass is 16.5. The Bertz CT molecular complexity index is 598. The van der Waals surface area contributed by atoms with Gasteiger partial charge in [-0.3, -0.25) is 4.79 Å². The minimum absolute atomic E-state index is 0.101. The van der Waals surface area contributed by atoms with Crippen LogP contribution in [0.4, 0.5) is 0 Å². The van der Waals surface area contributed by atoms with E-state index in [1.807, 2.05) is 13.8 Å². The Labute approximate surface area is 129 Å². The van der Waals surface area contributed by atoms with E-state index in [9.17, 15) is 9.59 Å². The molecule has 22 heavy (non-hydrogen) atoms. The number of rotatable bonds is 5. The lowest BCUT2D eigenvalue weighted by molar-refractivity contribution is -0.153. The van der Waals surface area contributed by atoms with Crippen molar-refractivity contribution in [3.8, 4) is 5.88 Å². The van der Waals surface area contributed by atoms with Gasteiger partial charge in [-0.1, -0.05) is 13.8 Å². The molecule has 0 aromatic carbocycles. The number of methoxy groups -OCH3 is 1. The number of esters is 2. The van der Waals surface area contributed by atoms with Crippen LogP contribution in [-0.2, 0) is 26.3 Å². The third kappa shape index (κ3) is 2.65. The number of carbonyl (C=O) groups is 2. The van der Waals surface area contributed by atoms with Crippen LogP contribution < -0.4 is 4.74 Å². The molecule has 0 amide bonds. The van der Waals surface area contributed by atoms with E-state index in [0.717, 1.165) is 12.0 Å². The van der Waals surface area contributed by atoms with E-state index in [-0.39, 0.29) is 18.3 Å². The third-order valence-electron chi connectivity index (χ3n) is 4.03. The van der Waals surface area contributed by atoms with E-state index in [4.69, 9.17) is 14.2 Å². The Morgan fingerprint density at radius 1 is 1.45 bits per heavy atom. The summed E-state index contributed by atoms with van der Waals surface area (Å²) in [5.74, 6) is -0.517. The minimum Gasteiger partial charge on any atom is -0.481 e. The van der Waals surface area contributed by atoms with Gasteiger partial charge in [0.05, 0.1) is 24.7 Å². The van der Waals surface area contributed by atoms with Crippen molar-refractivity contribution in [3.05, 3.63) is 22.9 Å². The van der Waals surface area contributed by atoms with E-state index in [2.05, 4.69) is 4.98 Å². The average molecular weight is 307 g/mol. The van der Waals surface area contributed by atoms with Crippen LogP contribution in [0, 0.1) is 0 Å². The lowest BCUT2D eigenvalue weighted by Crippen LogP contribution is -2.39. The molecule has 1 aliphatic heterocycles. The van der Waals surface area contributed by atoms with Crippen LogP contribution >= 0.6 is 0 Å². The molecule has 0 N–H and O–H groups in total. The first-order chi connectivity index (χ1) is 10.5. The Kier molecular flexibility index (Phi) is 4.68. The quantitative estimate of drug-likeness (QED) is 0.778. The number of ether oxygens (including phenoxy) is 3. The van der Waals surface area contributed by atoms with Gasteiger partial charge in [0, 0.05) is 0 Å². The van der Waals surface area contributed by atoms with Gasteiger partial charge >= 0.3 is 11.9 Å². The standard InChI is InChI=1S/C16H21NO5/c1-5-7-21-14(18)12-8-11-10(13(17-12)20-4)9-22-15(19)16(11,3)6-2/h8H,5-7,9H2,1-4H3. The molecular formula is C16H21NO5. The van der Waals surface area contributed by atoms with Crippen LogP contribution in [0.5, 0.6) is 5.88 Å². The van der Waals surface area contributed by atoms with Gasteiger partial charge in [-0.15, -0.1) is 0 Å². The summed E-state index contributed by atoms with van der Waals surface area (Å²) in [5.41, 5.74) is 0.766. The zero-order chi connectivity index (χ0) is 16.3. The lowest BCUT2D eigenvalue weighted by Gasteiger charge is -2.33. The number of pyridine rings is 1. The topological polar surface area (TPSA) is 74.7 Å². The molecule has 2 heterocycles. The number of hydrogen-bond acceptors (Lipinski definition) is 6. The highest BCUT2D eigenvalue weighted by molar-refractivity contribution is 5.90. The summed E-state index contributed by atoms with van der Waals surface area (Å²) in [6.45, 7) is 6.04. The molecule has 0 saturated carbocycles. The largest absolute Gasteiger partial charge is 0.481 e. The van der Waals surface area contributed by atoms with E-state index in [0.29, 0.717) is 24.5 Å². The van der Waals surface area contributed by atoms with Gasteiger partial charge in [-0.25, -0.2) is 9.78 Å². The van der Waals surface area contributed by atoms with Gasteiger partial charge in [0.1, 0.15) is 6.61 Å². The maximum Gasteiger partial charge on any atom is 0.357 e. The summed E-state index contributed by atoms with van der Waals surface area (Å²) in [4.78, 5) is 28.4. The van der Waals surface area contributed by atoms with Crippen molar-refractivity contribution in [1.82, 2.24) is 4.98 Å². The van der Waals surface area contributed by atoms with E-state index in [1.165, 1.54) is 7.11 Å². The SMILES string of the molecule is CCCOC(=O)c1cc2c(c(OC)n1)COC(=O)C2(C)CC. The molecule has 2 rings (SSSR count). The van der Waals surface area contributed by atoms with Crippen LogP contribution in [0.1, 0.15) is 55.2 Å². The third-order valence-corrected chi connectivity index (χ3v) is 4.03. The number of nitrogens with zero attached hydrogens (tertiary/aromatic N) is 1. The van der Waals surface area contributed by atoms with Gasteiger partial charge < -0.3 is 14.2 Å². The number of fused-ring (bicyclic) bond motifs is 1. The van der Waals surface area contributed by atoms with Gasteiger partial charge in [-0.2, -0.15) is 0 Å². The first-order valence-corrected chi connectivity index (χ1v) is 7.40. The second-order valence-electron chi connectivity index (χ2n) is 5.44. The van der Waals surface area contributed by atoms with Crippen molar-refractivity contribution in [1.29, 1.82) is 0 Å². The fourth-order valence-corrected chi connectivity index (χ4v) is 2.46. The van der Waals surface area contributed by atoms with Crippen LogP contribution in [0.15, 0.2) is 6.07 Å². The molecule has 1 aromatic heterocycles. The Morgan fingerprint density at radius 2 is 2.18 bits per heavy atom. The normalized spacial score (nSPS) is 20.1. The molecule has 0 bridgehead atoms. The van der Waals surface area contributed by atoms with E-state index >= 15 is 0 Å². The summed E-state index contributed by atoms with van der Waals surface area (Å²) >= 11 is 0. The van der Waals surface area contributed by atoms with Gasteiger partial charge in [0.2, 0.25) is 5.88 Å². The monoisotopic (exact) mass is 307 g/mol. The molecule has 0 aliphatic carbocycles. The van der Waals surface area contributed by atoms with Crippen molar-refractivity contribution in [2.75, 3.05) is 13.7 Å². The average Bonchev–Trinajstić information content (AvgIpc) is 2.55. The second-order valence-corrected chi connectivity index (χ2v) is 5.44. The number of cyclic esters (lactones) is 1. The summed E-state index contributed by atoms with van der Waals surface area (Å²) in [6.07, 6.45) is 1.28. The highest BCUT2D eigenvalue weighted by Crippen LogP contribution is 2.39. The predicted octanol–water partition coefficient (Wildman–Crippen LogP) is 2.38. The van der Waals surface area contributed by atoms with Crippen molar-refractivity contribution in [2.45, 2.75) is 45.6 Å². The molecule has 1 unspecified atom stereocenters. The van der Waals surface area contributed by atoms with Crippen molar-refractivity contribution in [2.24, 2.45) is 0 Å². The van der Waals surface area contributed by atoms with Gasteiger partial charge in [0.15, 0.2) is 5.69 Å². The molecule has 6 heteroatoms. The Morgan fingerprint density at radius 3 is 2.77 bits per heavy atom. The summed E-state index contributed by atoms with van der Waals surface area (Å²) in [5, 5.41) is 0. The van der Waals surface area contributed by atoms with Gasteiger partial charge in [-0.05, 0) is 31.4 Å². The van der Waals surface area contributed by atoms with Gasteiger partial charge in [0.25, 0.3) is 0 Å². The molecule has 1 aliphatic rings. The summed E-state index contributed by atoms with van der Waals surface area (Å²) in [6, 6.07) is 1.62. The van der Waals surface area contributed by atoms with E-state index in [1.54, 1.807) is 13.0 Å². The lowest BCUT2D eigenvalue weighted by atomic mass is 9.76. The molecule has 0 saturated heterocycles. The molecule has 0 radical (unpaired) electrons. The predicted molar refractivity (Wildman–Crippen MR) is 78.8 cm³/mol. The minimum atomic E-state index is -0.816. The number of aromatic nitrogens is 1. The zero-order valence-electron chi connectivity index (χ0n) is 13.4. The number of carbonyl (C=O) groups excluding carboxylic acids is 2. The molecule has 120 valence electrons. The smallest absolute Gasteiger partial charge is 0.357 e. The van der Waals surface area contributed by atoms with Crippen molar-refractivity contribution < 1.29 is 23.8 Å². The number of hydrogen-bond donors (Lipinski definition) is 0. The molecule has 1 aromatic rings. The molecule has 0 spiro atoms.